The smallest absolute Gasteiger partial charge is 0.167 e. The molecule has 160 valence electrons. The topological polar surface area (TPSA) is 7.76 Å². The third-order valence-electron chi connectivity index (χ3n) is 7.30. The molecule has 2 heterocycles. The quantitative estimate of drug-likeness (QED) is 0.291. The van der Waals surface area contributed by atoms with Gasteiger partial charge in [0, 0.05) is 51.8 Å². The van der Waals surface area contributed by atoms with Crippen molar-refractivity contribution < 1.29 is 9.13 Å². The van der Waals surface area contributed by atoms with Crippen molar-refractivity contribution in [3.8, 4) is 22.5 Å². The molecule has 0 bridgehead atoms. The summed E-state index contributed by atoms with van der Waals surface area (Å²) in [4.78, 5) is 0. The Morgan fingerprint density at radius 1 is 0.606 bits per heavy atom. The van der Waals surface area contributed by atoms with Crippen molar-refractivity contribution >= 4 is 10.8 Å². The second-order valence-corrected chi connectivity index (χ2v) is 9.72. The molecule has 5 aromatic rings. The molecule has 0 N–H and O–H groups in total. The van der Waals surface area contributed by atoms with Crippen LogP contribution in [0.5, 0.6) is 0 Å². The average Bonchev–Trinajstić information content (AvgIpc) is 3.06. The van der Waals surface area contributed by atoms with E-state index in [0.29, 0.717) is 0 Å². The normalized spacial score (nSPS) is 13.7. The van der Waals surface area contributed by atoms with Crippen molar-refractivity contribution in [1.82, 2.24) is 0 Å². The highest BCUT2D eigenvalue weighted by atomic mass is 14.9. The van der Waals surface area contributed by atoms with Crippen LogP contribution in [0.1, 0.15) is 36.1 Å². The van der Waals surface area contributed by atoms with Gasteiger partial charge in [-0.1, -0.05) is 56.3 Å². The molecule has 0 spiro atoms. The molecule has 3 aromatic carbocycles. The highest BCUT2D eigenvalue weighted by Gasteiger charge is 2.39. The maximum atomic E-state index is 2.36. The van der Waals surface area contributed by atoms with Crippen LogP contribution in [0.4, 0.5) is 0 Å². The number of aromatic nitrogens is 2. The first-order chi connectivity index (χ1) is 15.9. The van der Waals surface area contributed by atoms with Gasteiger partial charge < -0.3 is 0 Å². The summed E-state index contributed by atoms with van der Waals surface area (Å²) in [6, 6.07) is 26.3. The van der Waals surface area contributed by atoms with Gasteiger partial charge in [0.1, 0.15) is 0 Å². The fourth-order valence-electron chi connectivity index (χ4n) is 5.54. The van der Waals surface area contributed by atoms with E-state index in [0.717, 1.165) is 0 Å². The molecule has 2 nitrogen and oxygen atoms in total. The molecule has 0 saturated carbocycles. The third-order valence-corrected chi connectivity index (χ3v) is 7.30. The molecular weight excluding hydrogens is 400 g/mol. The Morgan fingerprint density at radius 2 is 1.21 bits per heavy atom. The number of para-hydroxylation sites is 2. The Bertz CT molecular complexity index is 1560. The Kier molecular flexibility index (Phi) is 4.28. The van der Waals surface area contributed by atoms with Crippen LogP contribution in [-0.2, 0) is 5.41 Å². The molecule has 1 aliphatic carbocycles. The van der Waals surface area contributed by atoms with Crippen molar-refractivity contribution in [2.75, 3.05) is 0 Å². The minimum atomic E-state index is -0.0787. The number of pyridine rings is 2. The van der Waals surface area contributed by atoms with Gasteiger partial charge in [-0.3, -0.25) is 0 Å². The number of aryl methyl sites for hydroxylation is 2. The molecule has 6 rings (SSSR count). The van der Waals surface area contributed by atoms with E-state index >= 15 is 0 Å². The van der Waals surface area contributed by atoms with Crippen molar-refractivity contribution in [1.29, 1.82) is 0 Å². The number of nitrogens with zero attached hydrogens (tertiary/aromatic N) is 2. The summed E-state index contributed by atoms with van der Waals surface area (Å²) >= 11 is 0. The molecule has 2 heteroatoms. The molecule has 2 aromatic heterocycles. The molecule has 0 aliphatic heterocycles. The summed E-state index contributed by atoms with van der Waals surface area (Å²) in [6.07, 6.45) is 9.01. The number of fused-ring (bicyclic) bond motifs is 5. The number of rotatable bonds is 2. The zero-order valence-corrected chi connectivity index (χ0v) is 19.6. The standard InChI is InChI=1S/C31H28N2/c1-21-9-5-7-11-28(21)32-17-15-24-23(19-32)13-14-26-25-16-18-33(29-12-8-6-10-22(29)2)20-27(25)31(3,4)30(24)26/h5-20H,1-4H3/q+2. The van der Waals surface area contributed by atoms with Crippen LogP contribution in [0.3, 0.4) is 0 Å². The highest BCUT2D eigenvalue weighted by molar-refractivity contribution is 5.96. The van der Waals surface area contributed by atoms with Crippen LogP contribution < -0.4 is 9.13 Å². The van der Waals surface area contributed by atoms with Crippen molar-refractivity contribution in [2.45, 2.75) is 33.1 Å². The van der Waals surface area contributed by atoms with Crippen molar-refractivity contribution in [2.24, 2.45) is 0 Å². The van der Waals surface area contributed by atoms with Crippen LogP contribution in [0.15, 0.2) is 97.6 Å². The molecular formula is C31H28N2+2. The first-order valence-corrected chi connectivity index (χ1v) is 11.6. The van der Waals surface area contributed by atoms with E-state index in [1.807, 2.05) is 0 Å². The molecule has 0 fully saturated rings. The van der Waals surface area contributed by atoms with Gasteiger partial charge in [0.2, 0.25) is 11.4 Å². The summed E-state index contributed by atoms with van der Waals surface area (Å²) in [5.41, 5.74) is 10.4. The predicted octanol–water partition coefficient (Wildman–Crippen LogP) is 6.32. The SMILES string of the molecule is Cc1ccccc1-[n+]1ccc2c(c1)C(C)(C)c1c-2ccc2c[n+](-c3ccccc3C)ccc12. The average molecular weight is 429 g/mol. The second-order valence-electron chi connectivity index (χ2n) is 9.72. The Labute approximate surface area is 195 Å². The van der Waals surface area contributed by atoms with Gasteiger partial charge in [0.25, 0.3) is 0 Å². The van der Waals surface area contributed by atoms with Gasteiger partial charge in [-0.2, -0.15) is 9.13 Å². The summed E-state index contributed by atoms with van der Waals surface area (Å²) in [6.45, 7) is 9.06. The Balaban J connectivity index is 1.53. The number of hydrogen-bond acceptors (Lipinski definition) is 0. The van der Waals surface area contributed by atoms with Gasteiger partial charge in [0.15, 0.2) is 24.8 Å². The predicted molar refractivity (Wildman–Crippen MR) is 134 cm³/mol. The van der Waals surface area contributed by atoms with Gasteiger partial charge in [0.05, 0.1) is 0 Å². The lowest BCUT2D eigenvalue weighted by molar-refractivity contribution is -0.596. The largest absolute Gasteiger partial charge is 0.213 e. The Hall–Kier alpha value is -3.78. The van der Waals surface area contributed by atoms with E-state index in [1.54, 1.807) is 0 Å². The summed E-state index contributed by atoms with van der Waals surface area (Å²) in [5.74, 6) is 0. The lowest BCUT2D eigenvalue weighted by atomic mass is 9.81. The summed E-state index contributed by atoms with van der Waals surface area (Å²) < 4.78 is 4.52. The summed E-state index contributed by atoms with van der Waals surface area (Å²) in [7, 11) is 0. The van der Waals surface area contributed by atoms with E-state index in [9.17, 15) is 0 Å². The number of hydrogen-bond donors (Lipinski definition) is 0. The summed E-state index contributed by atoms with van der Waals surface area (Å²) in [5, 5.41) is 2.60. The fourth-order valence-corrected chi connectivity index (χ4v) is 5.54. The fraction of sp³-hybridized carbons (Fsp3) is 0.161. The van der Waals surface area contributed by atoms with Gasteiger partial charge in [-0.15, -0.1) is 0 Å². The highest BCUT2D eigenvalue weighted by Crippen LogP contribution is 2.50. The molecule has 0 saturated heterocycles. The third kappa shape index (κ3) is 2.94. The molecule has 0 unspecified atom stereocenters. The second kappa shape index (κ2) is 7.11. The maximum Gasteiger partial charge on any atom is 0.213 e. The van der Waals surface area contributed by atoms with E-state index in [2.05, 4.69) is 134 Å². The molecule has 0 atom stereocenters. The van der Waals surface area contributed by atoms with Crippen LogP contribution in [-0.4, -0.2) is 0 Å². The first-order valence-electron chi connectivity index (χ1n) is 11.6. The van der Waals surface area contributed by atoms with Crippen LogP contribution >= 0.6 is 0 Å². The monoisotopic (exact) mass is 428 g/mol. The van der Waals surface area contributed by atoms with E-state index in [1.165, 1.54) is 55.5 Å². The van der Waals surface area contributed by atoms with E-state index in [-0.39, 0.29) is 5.41 Å². The van der Waals surface area contributed by atoms with Crippen LogP contribution in [0.25, 0.3) is 33.3 Å². The molecule has 33 heavy (non-hydrogen) atoms. The van der Waals surface area contributed by atoms with Gasteiger partial charge in [-0.05, 0) is 42.0 Å². The zero-order chi connectivity index (χ0) is 22.7. The van der Waals surface area contributed by atoms with Gasteiger partial charge in [-0.25, -0.2) is 0 Å². The van der Waals surface area contributed by atoms with Gasteiger partial charge >= 0.3 is 0 Å². The van der Waals surface area contributed by atoms with E-state index < -0.39 is 0 Å². The molecule has 1 aliphatic rings. The maximum absolute atomic E-state index is 2.36. The van der Waals surface area contributed by atoms with Crippen LogP contribution in [0, 0.1) is 13.8 Å². The number of benzene rings is 3. The molecule has 0 radical (unpaired) electrons. The minimum Gasteiger partial charge on any atom is -0.167 e. The zero-order valence-electron chi connectivity index (χ0n) is 19.6. The van der Waals surface area contributed by atoms with Crippen molar-refractivity contribution in [3.63, 3.8) is 0 Å². The first kappa shape index (κ1) is 19.9. The van der Waals surface area contributed by atoms with E-state index in [4.69, 9.17) is 0 Å². The van der Waals surface area contributed by atoms with Crippen molar-refractivity contribution in [3.05, 3.63) is 120 Å². The van der Waals surface area contributed by atoms with Crippen LogP contribution in [0.2, 0.25) is 0 Å². The lowest BCUT2D eigenvalue weighted by Gasteiger charge is -2.21. The lowest BCUT2D eigenvalue weighted by Crippen LogP contribution is -2.33. The molecule has 0 amide bonds. The Morgan fingerprint density at radius 3 is 1.88 bits per heavy atom. The minimum absolute atomic E-state index is 0.0787.